The molecule has 3 rings (SSSR count). The topological polar surface area (TPSA) is 45.7 Å². The summed E-state index contributed by atoms with van der Waals surface area (Å²) >= 11 is 0. The fraction of sp³-hybridized carbons (Fsp3) is 0.350. The lowest BCUT2D eigenvalue weighted by atomic mass is 9.95. The highest BCUT2D eigenvalue weighted by Gasteiger charge is 2.45. The highest BCUT2D eigenvalue weighted by Crippen LogP contribution is 2.48. The minimum Gasteiger partial charge on any atom is -0.497 e. The van der Waals surface area contributed by atoms with Crippen molar-refractivity contribution in [3.63, 3.8) is 0 Å². The number of benzene rings is 2. The summed E-state index contributed by atoms with van der Waals surface area (Å²) in [4.78, 5) is 4.26. The fourth-order valence-corrected chi connectivity index (χ4v) is 3.03. The Bertz CT molecular complexity index is 762. The van der Waals surface area contributed by atoms with Crippen molar-refractivity contribution in [2.75, 3.05) is 20.7 Å². The Kier molecular flexibility index (Phi) is 7.25. The van der Waals surface area contributed by atoms with Crippen molar-refractivity contribution in [1.29, 1.82) is 0 Å². The standard InChI is InChI=1S/C20H24FN3O.HI/c1-22-19(23-13-15-6-5-7-16(12-15)25-2)24-14-20(10-11-20)17-8-3-4-9-18(17)21;/h3-9,12H,10-11,13-14H2,1-2H3,(H2,22,23,24);1H. The van der Waals surface area contributed by atoms with Crippen molar-refractivity contribution in [2.24, 2.45) is 4.99 Å². The molecule has 1 aliphatic carbocycles. The minimum absolute atomic E-state index is 0. The van der Waals surface area contributed by atoms with Crippen molar-refractivity contribution in [1.82, 2.24) is 10.6 Å². The highest BCUT2D eigenvalue weighted by molar-refractivity contribution is 14.0. The number of hydrogen-bond acceptors (Lipinski definition) is 2. The van der Waals surface area contributed by atoms with Crippen molar-refractivity contribution < 1.29 is 9.13 Å². The van der Waals surface area contributed by atoms with E-state index in [1.54, 1.807) is 20.2 Å². The lowest BCUT2D eigenvalue weighted by molar-refractivity contribution is 0.414. The third kappa shape index (κ3) is 4.87. The Hall–Kier alpha value is -1.83. The van der Waals surface area contributed by atoms with Gasteiger partial charge >= 0.3 is 0 Å². The molecule has 0 spiro atoms. The second kappa shape index (κ2) is 9.21. The van der Waals surface area contributed by atoms with Crippen molar-refractivity contribution >= 4 is 29.9 Å². The van der Waals surface area contributed by atoms with E-state index in [9.17, 15) is 4.39 Å². The number of hydrogen-bond donors (Lipinski definition) is 2. The highest BCUT2D eigenvalue weighted by atomic mass is 127. The Morgan fingerprint density at radius 1 is 1.15 bits per heavy atom. The van der Waals surface area contributed by atoms with E-state index in [1.807, 2.05) is 36.4 Å². The molecule has 0 radical (unpaired) electrons. The summed E-state index contributed by atoms with van der Waals surface area (Å²) in [6.45, 7) is 1.31. The molecule has 2 aromatic carbocycles. The molecule has 140 valence electrons. The molecule has 1 saturated carbocycles. The molecule has 1 aliphatic rings. The molecular formula is C20H25FIN3O. The number of methoxy groups -OCH3 is 1. The van der Waals surface area contributed by atoms with Gasteiger partial charge in [-0.3, -0.25) is 4.99 Å². The predicted molar refractivity (Wildman–Crippen MR) is 114 cm³/mol. The van der Waals surface area contributed by atoms with Crippen LogP contribution >= 0.6 is 24.0 Å². The van der Waals surface area contributed by atoms with E-state index in [2.05, 4.69) is 15.6 Å². The molecule has 0 saturated heterocycles. The molecule has 0 atom stereocenters. The second-order valence-electron chi connectivity index (χ2n) is 6.39. The van der Waals surface area contributed by atoms with Gasteiger partial charge in [-0.1, -0.05) is 30.3 Å². The molecule has 0 amide bonds. The molecule has 0 bridgehead atoms. The first-order valence-corrected chi connectivity index (χ1v) is 8.49. The maximum atomic E-state index is 14.1. The van der Waals surface area contributed by atoms with E-state index in [0.717, 1.165) is 29.7 Å². The molecule has 0 aliphatic heterocycles. The van der Waals surface area contributed by atoms with Crippen LogP contribution in [0.1, 0.15) is 24.0 Å². The molecule has 0 heterocycles. The van der Waals surface area contributed by atoms with Crippen LogP contribution in [0.15, 0.2) is 53.5 Å². The van der Waals surface area contributed by atoms with Gasteiger partial charge in [-0.05, 0) is 42.2 Å². The monoisotopic (exact) mass is 469 g/mol. The van der Waals surface area contributed by atoms with E-state index in [1.165, 1.54) is 6.07 Å². The zero-order chi connectivity index (χ0) is 17.7. The SMILES string of the molecule is CN=C(NCc1cccc(OC)c1)NCC1(c2ccccc2F)CC1.I. The third-order valence-electron chi connectivity index (χ3n) is 4.71. The number of ether oxygens (including phenoxy) is 1. The van der Waals surface area contributed by atoms with E-state index >= 15 is 0 Å². The van der Waals surface area contributed by atoms with Gasteiger partial charge in [0.15, 0.2) is 5.96 Å². The molecule has 26 heavy (non-hydrogen) atoms. The van der Waals surface area contributed by atoms with Crippen molar-refractivity contribution in [2.45, 2.75) is 24.8 Å². The van der Waals surface area contributed by atoms with Crippen molar-refractivity contribution in [3.05, 3.63) is 65.5 Å². The molecule has 6 heteroatoms. The zero-order valence-corrected chi connectivity index (χ0v) is 17.4. The van der Waals surface area contributed by atoms with Gasteiger partial charge in [0.1, 0.15) is 11.6 Å². The molecule has 2 N–H and O–H groups in total. The summed E-state index contributed by atoms with van der Waals surface area (Å²) in [7, 11) is 3.40. The van der Waals surface area contributed by atoms with Crippen LogP contribution in [0.4, 0.5) is 4.39 Å². The molecule has 0 unspecified atom stereocenters. The Morgan fingerprint density at radius 2 is 1.92 bits per heavy atom. The number of halogens is 2. The van der Waals surface area contributed by atoms with Gasteiger partial charge in [0.2, 0.25) is 0 Å². The summed E-state index contributed by atoms with van der Waals surface area (Å²) in [5.74, 6) is 1.42. The Balaban J connectivity index is 0.00000243. The second-order valence-corrected chi connectivity index (χ2v) is 6.39. The Labute approximate surface area is 171 Å². The summed E-state index contributed by atoms with van der Waals surface area (Å²) in [5.41, 5.74) is 1.79. The van der Waals surface area contributed by atoms with Crippen LogP contribution in [0.3, 0.4) is 0 Å². The lowest BCUT2D eigenvalue weighted by Crippen LogP contribution is -2.41. The maximum absolute atomic E-state index is 14.1. The van der Waals surface area contributed by atoms with Crippen LogP contribution in [0.5, 0.6) is 5.75 Å². The summed E-state index contributed by atoms with van der Waals surface area (Å²) in [6, 6.07) is 14.9. The maximum Gasteiger partial charge on any atom is 0.191 e. The third-order valence-corrected chi connectivity index (χ3v) is 4.71. The number of guanidine groups is 1. The van der Waals surface area contributed by atoms with Gasteiger partial charge in [0.05, 0.1) is 7.11 Å². The predicted octanol–water partition coefficient (Wildman–Crippen LogP) is 3.85. The quantitative estimate of drug-likeness (QED) is 0.384. The van der Waals surface area contributed by atoms with Crippen LogP contribution in [0.2, 0.25) is 0 Å². The van der Waals surface area contributed by atoms with Crippen LogP contribution in [0, 0.1) is 5.82 Å². The number of nitrogens with one attached hydrogen (secondary N) is 2. The minimum atomic E-state index is -0.124. The number of aliphatic imine (C=N–C) groups is 1. The lowest BCUT2D eigenvalue weighted by Gasteiger charge is -2.19. The van der Waals surface area contributed by atoms with Gasteiger partial charge in [-0.2, -0.15) is 0 Å². The first-order valence-electron chi connectivity index (χ1n) is 8.49. The smallest absolute Gasteiger partial charge is 0.191 e. The fourth-order valence-electron chi connectivity index (χ4n) is 3.03. The average Bonchev–Trinajstić information content (AvgIpc) is 3.43. The van der Waals surface area contributed by atoms with E-state index in [-0.39, 0.29) is 35.2 Å². The van der Waals surface area contributed by atoms with Gasteiger partial charge in [0, 0.05) is 25.6 Å². The number of nitrogens with zero attached hydrogens (tertiary/aromatic N) is 1. The van der Waals surface area contributed by atoms with E-state index in [4.69, 9.17) is 4.74 Å². The first kappa shape index (κ1) is 20.5. The van der Waals surface area contributed by atoms with Crippen LogP contribution < -0.4 is 15.4 Å². The first-order chi connectivity index (χ1) is 12.2. The molecule has 2 aromatic rings. The van der Waals surface area contributed by atoms with E-state index in [0.29, 0.717) is 19.0 Å². The van der Waals surface area contributed by atoms with Gasteiger partial charge in [-0.15, -0.1) is 24.0 Å². The molecular weight excluding hydrogens is 444 g/mol. The van der Waals surface area contributed by atoms with Crippen LogP contribution in [0.25, 0.3) is 0 Å². The normalized spacial score (nSPS) is 15.0. The zero-order valence-electron chi connectivity index (χ0n) is 15.1. The molecule has 0 aromatic heterocycles. The Morgan fingerprint density at radius 3 is 2.58 bits per heavy atom. The van der Waals surface area contributed by atoms with E-state index < -0.39 is 0 Å². The summed E-state index contributed by atoms with van der Waals surface area (Å²) in [5, 5.41) is 6.63. The largest absolute Gasteiger partial charge is 0.497 e. The number of rotatable bonds is 6. The van der Waals surface area contributed by atoms with Gasteiger partial charge < -0.3 is 15.4 Å². The molecule has 1 fully saturated rings. The summed E-state index contributed by atoms with van der Waals surface area (Å²) < 4.78 is 19.3. The van der Waals surface area contributed by atoms with Crippen LogP contribution in [-0.2, 0) is 12.0 Å². The van der Waals surface area contributed by atoms with Gasteiger partial charge in [0.25, 0.3) is 0 Å². The summed E-state index contributed by atoms with van der Waals surface area (Å²) in [6.07, 6.45) is 1.99. The van der Waals surface area contributed by atoms with Crippen molar-refractivity contribution in [3.8, 4) is 5.75 Å². The van der Waals surface area contributed by atoms with Crippen LogP contribution in [-0.4, -0.2) is 26.7 Å². The average molecular weight is 469 g/mol. The molecule has 4 nitrogen and oxygen atoms in total. The van der Waals surface area contributed by atoms with Gasteiger partial charge in [-0.25, -0.2) is 4.39 Å².